The molecule has 0 spiro atoms. The van der Waals surface area contributed by atoms with Gasteiger partial charge in [-0.1, -0.05) is 39.8 Å². The Balaban J connectivity index is 1.63. The molecule has 1 aromatic carbocycles. The first-order chi connectivity index (χ1) is 12.2. The van der Waals surface area contributed by atoms with Crippen LogP contribution in [0.5, 0.6) is 0 Å². The lowest BCUT2D eigenvalue weighted by Crippen LogP contribution is -2.11. The maximum atomic E-state index is 12.8. The fraction of sp³-hybridized carbons (Fsp3) is 0.409. The van der Waals surface area contributed by atoms with E-state index in [0.29, 0.717) is 12.2 Å². The molecule has 2 aromatic heterocycles. The molecule has 0 atom stereocenters. The molecular formula is C22H25N3O. The summed E-state index contributed by atoms with van der Waals surface area (Å²) in [5.41, 5.74) is 3.19. The van der Waals surface area contributed by atoms with E-state index in [0.717, 1.165) is 27.7 Å². The number of carbonyl (C=O) groups excluding carboxylic acids is 1. The zero-order chi connectivity index (χ0) is 18.7. The number of imidazole rings is 1. The molecule has 4 heteroatoms. The molecule has 0 saturated heterocycles. The zero-order valence-electron chi connectivity index (χ0n) is 16.1. The lowest BCUT2D eigenvalue weighted by molar-refractivity contribution is -0.120. The minimum Gasteiger partial charge on any atom is -0.334 e. The molecule has 0 unspecified atom stereocenters. The van der Waals surface area contributed by atoms with Crippen molar-refractivity contribution in [3.8, 4) is 11.3 Å². The summed E-state index contributed by atoms with van der Waals surface area (Å²) in [6.45, 7) is 8.74. The topological polar surface area (TPSA) is 47.8 Å². The van der Waals surface area contributed by atoms with Crippen LogP contribution in [0.3, 0.4) is 0 Å². The smallest absolute Gasteiger partial charge is 0.143 e. The van der Waals surface area contributed by atoms with Crippen LogP contribution in [0.2, 0.25) is 0 Å². The molecule has 0 aliphatic heterocycles. The van der Waals surface area contributed by atoms with E-state index in [1.807, 2.05) is 24.0 Å². The third-order valence-electron chi connectivity index (χ3n) is 6.59. The van der Waals surface area contributed by atoms with E-state index in [4.69, 9.17) is 0 Å². The highest BCUT2D eigenvalue weighted by molar-refractivity contribution is 5.90. The molecule has 1 saturated carbocycles. The molecule has 0 bridgehead atoms. The Morgan fingerprint density at radius 1 is 1.08 bits per heavy atom. The molecule has 0 radical (unpaired) electrons. The number of aryl methyl sites for hydroxylation is 1. The molecule has 26 heavy (non-hydrogen) atoms. The summed E-state index contributed by atoms with van der Waals surface area (Å²) < 4.78 is 2.00. The monoisotopic (exact) mass is 347 g/mol. The fourth-order valence-corrected chi connectivity index (χ4v) is 4.36. The van der Waals surface area contributed by atoms with Gasteiger partial charge in [0, 0.05) is 42.2 Å². The normalized spacial score (nSPS) is 18.2. The molecule has 134 valence electrons. The van der Waals surface area contributed by atoms with E-state index >= 15 is 0 Å². The standard InChI is InChI=1S/C22H25N3O/c1-21(2)20(22(21,3)4)19(26)10-17-9-16-8-14(6-7-15(16)11-24-17)18-12-23-13-25(18)5/h6-9,11-13,20H,10H2,1-5H3. The second-order valence-corrected chi connectivity index (χ2v) is 8.65. The van der Waals surface area contributed by atoms with Gasteiger partial charge >= 0.3 is 0 Å². The average molecular weight is 347 g/mol. The SMILES string of the molecule is Cn1cncc1-c1ccc2cnc(CC(=O)C3C(C)(C)C3(C)C)cc2c1. The maximum absolute atomic E-state index is 12.8. The van der Waals surface area contributed by atoms with Gasteiger partial charge in [-0.15, -0.1) is 0 Å². The van der Waals surface area contributed by atoms with Gasteiger partial charge in [-0.3, -0.25) is 9.78 Å². The highest BCUT2D eigenvalue weighted by atomic mass is 16.1. The van der Waals surface area contributed by atoms with E-state index in [9.17, 15) is 4.79 Å². The molecular weight excluding hydrogens is 322 g/mol. The quantitative estimate of drug-likeness (QED) is 0.701. The average Bonchev–Trinajstić information content (AvgIpc) is 2.86. The van der Waals surface area contributed by atoms with E-state index < -0.39 is 0 Å². The number of ketones is 1. The summed E-state index contributed by atoms with van der Waals surface area (Å²) in [4.78, 5) is 21.5. The van der Waals surface area contributed by atoms with Crippen LogP contribution in [0.15, 0.2) is 43.0 Å². The molecule has 4 nitrogen and oxygen atoms in total. The molecule has 4 rings (SSSR count). The molecule has 1 aliphatic rings. The first-order valence-corrected chi connectivity index (χ1v) is 9.10. The zero-order valence-corrected chi connectivity index (χ0v) is 16.1. The van der Waals surface area contributed by atoms with Crippen LogP contribution >= 0.6 is 0 Å². The van der Waals surface area contributed by atoms with Crippen molar-refractivity contribution in [1.82, 2.24) is 14.5 Å². The van der Waals surface area contributed by atoms with Crippen molar-refractivity contribution in [1.29, 1.82) is 0 Å². The Morgan fingerprint density at radius 3 is 2.42 bits per heavy atom. The largest absolute Gasteiger partial charge is 0.334 e. The summed E-state index contributed by atoms with van der Waals surface area (Å²) in [5, 5.41) is 2.19. The highest BCUT2D eigenvalue weighted by Crippen LogP contribution is 2.68. The number of carbonyl (C=O) groups is 1. The predicted octanol–water partition coefficient (Wildman–Crippen LogP) is 4.43. The van der Waals surface area contributed by atoms with E-state index in [1.54, 1.807) is 6.33 Å². The van der Waals surface area contributed by atoms with Crippen molar-refractivity contribution in [3.05, 3.63) is 48.7 Å². The van der Waals surface area contributed by atoms with Crippen LogP contribution in [0.25, 0.3) is 22.0 Å². The van der Waals surface area contributed by atoms with Gasteiger partial charge in [-0.25, -0.2) is 4.98 Å². The predicted molar refractivity (Wildman–Crippen MR) is 104 cm³/mol. The Labute approximate surface area is 154 Å². The van der Waals surface area contributed by atoms with Gasteiger partial charge in [0.15, 0.2) is 0 Å². The summed E-state index contributed by atoms with van der Waals surface area (Å²) in [7, 11) is 1.99. The maximum Gasteiger partial charge on any atom is 0.143 e. The van der Waals surface area contributed by atoms with Crippen LogP contribution < -0.4 is 0 Å². The van der Waals surface area contributed by atoms with Crippen molar-refractivity contribution < 1.29 is 4.79 Å². The number of fused-ring (bicyclic) bond motifs is 1. The minimum atomic E-state index is 0.0770. The fourth-order valence-electron chi connectivity index (χ4n) is 4.36. The molecule has 0 N–H and O–H groups in total. The minimum absolute atomic E-state index is 0.0770. The third kappa shape index (κ3) is 2.47. The first-order valence-electron chi connectivity index (χ1n) is 9.10. The van der Waals surface area contributed by atoms with Gasteiger partial charge in [0.05, 0.1) is 18.2 Å². The molecule has 3 aromatic rings. The lowest BCUT2D eigenvalue weighted by Gasteiger charge is -2.07. The Morgan fingerprint density at radius 2 is 1.81 bits per heavy atom. The van der Waals surface area contributed by atoms with Gasteiger partial charge in [-0.05, 0) is 28.3 Å². The number of rotatable bonds is 4. The summed E-state index contributed by atoms with van der Waals surface area (Å²) in [5.74, 6) is 0.419. The van der Waals surface area contributed by atoms with Gasteiger partial charge in [-0.2, -0.15) is 0 Å². The Kier molecular flexibility index (Phi) is 3.59. The van der Waals surface area contributed by atoms with Crippen LogP contribution in [-0.4, -0.2) is 20.3 Å². The van der Waals surface area contributed by atoms with Gasteiger partial charge in [0.2, 0.25) is 0 Å². The second kappa shape index (κ2) is 5.50. The molecule has 0 amide bonds. The van der Waals surface area contributed by atoms with E-state index in [1.165, 1.54) is 0 Å². The first kappa shape index (κ1) is 17.0. The molecule has 1 fully saturated rings. The van der Waals surface area contributed by atoms with Crippen LogP contribution in [-0.2, 0) is 18.3 Å². The van der Waals surface area contributed by atoms with Crippen LogP contribution in [0.4, 0.5) is 0 Å². The third-order valence-corrected chi connectivity index (χ3v) is 6.59. The van der Waals surface area contributed by atoms with E-state index in [-0.39, 0.29) is 16.7 Å². The van der Waals surface area contributed by atoms with E-state index in [2.05, 4.69) is 61.9 Å². The Bertz CT molecular complexity index is 999. The Hall–Kier alpha value is -2.49. The second-order valence-electron chi connectivity index (χ2n) is 8.65. The number of hydrogen-bond acceptors (Lipinski definition) is 3. The van der Waals surface area contributed by atoms with Gasteiger partial charge in [0.25, 0.3) is 0 Å². The number of nitrogens with zero attached hydrogens (tertiary/aromatic N) is 3. The molecule has 1 aliphatic carbocycles. The molecule has 2 heterocycles. The van der Waals surface area contributed by atoms with Crippen molar-refractivity contribution in [3.63, 3.8) is 0 Å². The summed E-state index contributed by atoms with van der Waals surface area (Å²) in [6.07, 6.45) is 5.94. The van der Waals surface area contributed by atoms with Crippen molar-refractivity contribution in [2.24, 2.45) is 23.8 Å². The van der Waals surface area contributed by atoms with Gasteiger partial charge in [0.1, 0.15) is 5.78 Å². The number of hydrogen-bond donors (Lipinski definition) is 0. The van der Waals surface area contributed by atoms with Crippen LogP contribution in [0.1, 0.15) is 33.4 Å². The summed E-state index contributed by atoms with van der Waals surface area (Å²) >= 11 is 0. The lowest BCUT2D eigenvalue weighted by atomic mass is 10.0. The highest BCUT2D eigenvalue weighted by Gasteiger charge is 2.67. The van der Waals surface area contributed by atoms with Crippen molar-refractivity contribution in [2.75, 3.05) is 0 Å². The number of benzene rings is 1. The number of pyridine rings is 1. The van der Waals surface area contributed by atoms with Crippen molar-refractivity contribution in [2.45, 2.75) is 34.1 Å². The van der Waals surface area contributed by atoms with Crippen molar-refractivity contribution >= 4 is 16.6 Å². The number of Topliss-reactive ketones (excluding diaryl/α,β-unsaturated/α-hetero) is 1. The van der Waals surface area contributed by atoms with Crippen LogP contribution in [0, 0.1) is 16.7 Å². The number of aromatic nitrogens is 3. The van der Waals surface area contributed by atoms with Gasteiger partial charge < -0.3 is 4.57 Å². The summed E-state index contributed by atoms with van der Waals surface area (Å²) in [6, 6.07) is 8.35.